The first-order valence-electron chi connectivity index (χ1n) is 31.3. The highest BCUT2D eigenvalue weighted by Crippen LogP contribution is 2.40. The monoisotopic (exact) mass is 1750 g/mol. The van der Waals surface area contributed by atoms with E-state index in [1.807, 2.05) is 0 Å². The summed E-state index contributed by atoms with van der Waals surface area (Å²) in [4.78, 5) is 116. The molecule has 0 aliphatic rings. The number of hydrogen-bond donors (Lipinski definition) is 0. The van der Waals surface area contributed by atoms with Gasteiger partial charge >= 0.3 is 115 Å². The molecule has 118 heavy (non-hydrogen) atoms. The Labute approximate surface area is 638 Å². The Morgan fingerprint density at radius 3 is 0.593 bits per heavy atom. The molecule has 0 bridgehead atoms. The highest BCUT2D eigenvalue weighted by Gasteiger charge is 2.62. The molecule has 6 rings (SSSR count). The van der Waals surface area contributed by atoms with Crippen molar-refractivity contribution >= 4 is 86.7 Å². The van der Waals surface area contributed by atoms with Crippen LogP contribution in [0.5, 0.6) is 0 Å². The van der Waals surface area contributed by atoms with Gasteiger partial charge < -0.3 is 42.8 Å². The predicted octanol–water partition coefficient (Wildman–Crippen LogP) is 19.5. The fraction of sp³-hybridized carbons (Fsp3) is 0.368. The van der Waals surface area contributed by atoms with E-state index in [2.05, 4.69) is 43.5 Å². The number of hydrogen-bond acceptors (Lipinski definition) is 20. The van der Waals surface area contributed by atoms with Gasteiger partial charge in [-0.25, -0.2) is 43.2 Å². The van der Waals surface area contributed by atoms with Crippen LogP contribution in [0.15, 0.2) is 126 Å². The Morgan fingerprint density at radius 1 is 0.229 bits per heavy atom. The van der Waals surface area contributed by atoms with Gasteiger partial charge in [0, 0.05) is 0 Å². The van der Waals surface area contributed by atoms with Gasteiger partial charge in [-0.1, -0.05) is 40.6 Å². The van der Waals surface area contributed by atoms with Gasteiger partial charge in [0.2, 0.25) is 0 Å². The summed E-state index contributed by atoms with van der Waals surface area (Å²) in [6.45, 7) is 8.67. The van der Waals surface area contributed by atoms with E-state index in [1.54, 1.807) is 64.1 Å². The molecule has 0 amide bonds. The summed E-state index contributed by atoms with van der Waals surface area (Å²) in [5.74, 6) is -14.5. The number of ether oxygens (including phenoxy) is 7. The number of fused-ring (bicyclic) bond motifs is 2. The van der Waals surface area contributed by atoms with Crippen molar-refractivity contribution < 1.29 is 218 Å². The van der Waals surface area contributed by atoms with Crippen LogP contribution in [0.2, 0.25) is 0 Å². The number of halogens is 30. The van der Waals surface area contributed by atoms with Gasteiger partial charge in [-0.3, -0.25) is 0 Å². The molecule has 0 N–H and O–H groups in total. The number of benzene rings is 6. The number of rotatable bonds is 18. The summed E-state index contributed by atoms with van der Waals surface area (Å²) in [5, 5.41) is 9.13. The Balaban J connectivity index is 0.000000411. The molecule has 6 aromatic rings. The second-order valence-electron chi connectivity index (χ2n) is 23.7. The van der Waals surface area contributed by atoms with Gasteiger partial charge in [-0.15, -0.1) is 0 Å². The summed E-state index contributed by atoms with van der Waals surface area (Å²) in [5.41, 5.74) is -4.48. The van der Waals surface area contributed by atoms with E-state index in [0.29, 0.717) is 62.4 Å². The maximum absolute atomic E-state index is 12.7. The largest absolute Gasteiger partial charge is 0.449 e. The van der Waals surface area contributed by atoms with Crippen molar-refractivity contribution in [1.82, 2.24) is 0 Å². The van der Waals surface area contributed by atoms with Crippen LogP contribution in [0, 0.1) is 0 Å². The van der Waals surface area contributed by atoms with Crippen LogP contribution < -0.4 is 0 Å². The Morgan fingerprint density at radius 2 is 0.398 bits per heavy atom. The minimum atomic E-state index is -6.20. The van der Waals surface area contributed by atoms with Crippen LogP contribution in [0.1, 0.15) is 149 Å². The molecule has 4 unspecified atom stereocenters. The Bertz CT molecular complexity index is 4490. The normalized spacial score (nSPS) is 13.4. The first kappa shape index (κ1) is 101. The van der Waals surface area contributed by atoms with Gasteiger partial charge in [0.15, 0.2) is 24.4 Å². The van der Waals surface area contributed by atoms with Gasteiger partial charge in [-0.05, 0) is 162 Å². The topological polar surface area (TPSA) is 261 Å². The van der Waals surface area contributed by atoms with Crippen LogP contribution in [0.4, 0.5) is 132 Å². The third-order valence-electron chi connectivity index (χ3n) is 13.7. The molecule has 0 saturated heterocycles. The minimum Gasteiger partial charge on any atom is -0.449 e. The first-order chi connectivity index (χ1) is 53.3. The molecule has 0 spiro atoms. The fourth-order valence-electron chi connectivity index (χ4n) is 7.79. The maximum atomic E-state index is 12.7. The van der Waals surface area contributed by atoms with E-state index in [-0.39, 0.29) is 34.5 Å². The maximum Gasteiger partial charge on any atom is 0.434 e. The second-order valence-corrected chi connectivity index (χ2v) is 23.7. The van der Waals surface area contributed by atoms with E-state index in [0.717, 1.165) is 59.3 Å². The molecular weight excluding hydrogens is 1700 g/mol. The summed E-state index contributed by atoms with van der Waals surface area (Å²) in [7, 11) is 0. The average molecular weight is 1750 g/mol. The van der Waals surface area contributed by atoms with Crippen molar-refractivity contribution in [3.8, 4) is 0 Å². The summed E-state index contributed by atoms with van der Waals surface area (Å²) in [6, 6.07) is 19.3. The number of alkyl halides is 30. The molecule has 4 atom stereocenters. The van der Waals surface area contributed by atoms with Gasteiger partial charge in [-0.2, -0.15) is 132 Å². The second kappa shape index (κ2) is 39.0. The SMILES string of the molecule is CC(C)=NOC(=O)c1ccc2cc(C(=O)ON=C(C)C)ccc2c1.CC(OC(=O)c1cc(C(=O)OC(C)C(F)(F)F)cc(C(=O)OC(C(F)(F)F)C(F)(F)F)c1)C(F)(F)F.CC(OC(=O)c1ccc2cc(C(=O)OC(C(F)(F)F)C(F)(F)F)ccc2c1)C(F)(F)F.CC(OC(=O)c1cccc(C(=O)OC(C(F)(F)F)C(F)(F)F)c1)C(F)(F)F. The molecule has 0 fully saturated rings. The lowest BCUT2D eigenvalue weighted by molar-refractivity contribution is -0.308. The van der Waals surface area contributed by atoms with E-state index in [1.165, 1.54) is 0 Å². The summed E-state index contributed by atoms with van der Waals surface area (Å²) < 4.78 is 402. The zero-order valence-corrected chi connectivity index (χ0v) is 59.6. The summed E-state index contributed by atoms with van der Waals surface area (Å²) >= 11 is 0. The zero-order chi connectivity index (χ0) is 91.1. The van der Waals surface area contributed by atoms with E-state index >= 15 is 0 Å². The van der Waals surface area contributed by atoms with Crippen molar-refractivity contribution in [2.75, 3.05) is 0 Å². The molecule has 50 heteroatoms. The predicted molar refractivity (Wildman–Crippen MR) is 337 cm³/mol. The van der Waals surface area contributed by atoms with Crippen molar-refractivity contribution in [2.24, 2.45) is 10.3 Å². The molecule has 650 valence electrons. The lowest BCUT2D eigenvalue weighted by Crippen LogP contribution is -2.45. The molecule has 20 nitrogen and oxygen atoms in total. The number of carbonyl (C=O) groups excluding carboxylic acids is 9. The van der Waals surface area contributed by atoms with Crippen molar-refractivity contribution in [3.63, 3.8) is 0 Å². The average Bonchev–Trinajstić information content (AvgIpc) is 0.809. The van der Waals surface area contributed by atoms with Crippen LogP contribution in [0.3, 0.4) is 0 Å². The molecule has 0 saturated carbocycles. The van der Waals surface area contributed by atoms with E-state index < -0.39 is 192 Å². The fourth-order valence-corrected chi connectivity index (χ4v) is 7.79. The third-order valence-corrected chi connectivity index (χ3v) is 13.7. The standard InChI is InChI=1S/C18H12F12O6.C18H11F9O4.C18H18N2O4.C14H9F9O4/c1-6(15(19,20)21)34-11(31)8-3-9(12(32)35-7(2)16(22,23)24)5-10(4-8)13(33)36-14(17(25,26)27)18(28,29)30;1-8(16(19,20)21)30-13(28)11-4-2-10-7-12(5-3-9(10)6-11)14(29)31-15(17(22,23)24)18(25,26)27;1-11(2)19-23-17(21)15-7-5-14-10-16(8-6-13(14)9-15)18(22)24-20-12(3)4;1-6(12(15,16)17)26-9(24)7-3-2-4-8(5-7)10(25)27-11(13(18,19)20)14(21,22)23/h3-7,14H,1-2H3;2-8,15H,1H3;5-10H,1-4H3;2-6,11H,1H3. The lowest BCUT2D eigenvalue weighted by Gasteiger charge is -2.23. The van der Waals surface area contributed by atoms with Gasteiger partial charge in [0.25, 0.3) is 18.3 Å². The molecule has 0 aliphatic carbocycles. The lowest BCUT2D eigenvalue weighted by atomic mass is 10.0. The Hall–Kier alpha value is -11.7. The first-order valence-corrected chi connectivity index (χ1v) is 31.3. The number of oxime groups is 2. The number of esters is 7. The highest BCUT2D eigenvalue weighted by atomic mass is 19.5. The highest BCUT2D eigenvalue weighted by molar-refractivity contribution is 6.03. The summed E-state index contributed by atoms with van der Waals surface area (Å²) in [6.07, 6.45) is -80.1. The van der Waals surface area contributed by atoms with Gasteiger partial charge in [0.05, 0.1) is 61.5 Å². The Kier molecular flexibility index (Phi) is 33.3. The minimum absolute atomic E-state index is 0.0884. The molecular formula is C68H50F30N2O18. The van der Waals surface area contributed by atoms with Crippen molar-refractivity contribution in [1.29, 1.82) is 0 Å². The molecule has 6 aromatic carbocycles. The molecule has 0 aromatic heterocycles. The van der Waals surface area contributed by atoms with Crippen molar-refractivity contribution in [2.45, 2.75) is 160 Å². The third kappa shape index (κ3) is 31.4. The quantitative estimate of drug-likeness (QED) is 0.0193. The van der Waals surface area contributed by atoms with E-state index in [4.69, 9.17) is 9.68 Å². The van der Waals surface area contributed by atoms with Crippen LogP contribution in [0.25, 0.3) is 21.5 Å². The van der Waals surface area contributed by atoms with Crippen LogP contribution in [-0.2, 0) is 42.8 Å². The van der Waals surface area contributed by atoms with Crippen LogP contribution in [-0.4, -0.2) is 170 Å². The zero-order valence-electron chi connectivity index (χ0n) is 59.6. The molecule has 0 radical (unpaired) electrons. The number of carbonyl (C=O) groups is 9. The molecule has 0 aliphatic heterocycles. The van der Waals surface area contributed by atoms with Gasteiger partial charge in [0.1, 0.15) is 0 Å². The van der Waals surface area contributed by atoms with Crippen molar-refractivity contribution in [3.05, 3.63) is 165 Å². The van der Waals surface area contributed by atoms with Crippen LogP contribution >= 0.6 is 0 Å². The molecule has 0 heterocycles. The number of nitrogens with zero attached hydrogens (tertiary/aromatic N) is 2. The van der Waals surface area contributed by atoms with E-state index in [9.17, 15) is 175 Å². The smallest absolute Gasteiger partial charge is 0.434 e.